The maximum absolute atomic E-state index is 5.36. The van der Waals surface area contributed by atoms with Crippen molar-refractivity contribution in [3.63, 3.8) is 0 Å². The molecule has 2 nitrogen and oxygen atoms in total. The first-order valence-corrected chi connectivity index (χ1v) is 15.0. The first kappa shape index (κ1) is 24.8. The van der Waals surface area contributed by atoms with Gasteiger partial charge >= 0.3 is 0 Å². The van der Waals surface area contributed by atoms with E-state index in [1.54, 1.807) is 11.3 Å². The van der Waals surface area contributed by atoms with E-state index >= 15 is 0 Å². The Kier molecular flexibility index (Phi) is 6.25. The smallest absolute Gasteiger partial charge is 0.120 e. The summed E-state index contributed by atoms with van der Waals surface area (Å²) in [5.74, 6) is 0.662. The van der Waals surface area contributed by atoms with Crippen LogP contribution < -0.4 is 5.32 Å². The molecule has 196 valence electrons. The quantitative estimate of drug-likeness (QED) is 0.242. The Morgan fingerprint density at radius 1 is 0.725 bits per heavy atom. The molecular formula is C37H32N2S. The molecule has 2 heterocycles. The lowest BCUT2D eigenvalue weighted by Crippen LogP contribution is -2.15. The summed E-state index contributed by atoms with van der Waals surface area (Å²) in [4.78, 5) is 5.36. The van der Waals surface area contributed by atoms with E-state index in [-0.39, 0.29) is 12.0 Å². The van der Waals surface area contributed by atoms with Crippen molar-refractivity contribution in [2.75, 3.05) is 5.32 Å². The first-order chi connectivity index (χ1) is 19.6. The molecule has 0 saturated carbocycles. The summed E-state index contributed by atoms with van der Waals surface area (Å²) in [7, 11) is 0. The van der Waals surface area contributed by atoms with Gasteiger partial charge in [0.1, 0.15) is 11.0 Å². The van der Waals surface area contributed by atoms with Gasteiger partial charge in [0.2, 0.25) is 0 Å². The minimum Gasteiger partial charge on any atom is -0.372 e. The molecule has 0 amide bonds. The average molecular weight is 537 g/mol. The fourth-order valence-electron chi connectivity index (χ4n) is 6.31. The molecule has 0 bridgehead atoms. The number of para-hydroxylation sites is 1. The van der Waals surface area contributed by atoms with Crippen LogP contribution in [0.25, 0.3) is 33.2 Å². The van der Waals surface area contributed by atoms with Crippen molar-refractivity contribution >= 4 is 27.8 Å². The fourth-order valence-corrected chi connectivity index (χ4v) is 7.19. The predicted octanol–water partition coefficient (Wildman–Crippen LogP) is 10.4. The molecule has 0 fully saturated rings. The third-order valence-corrected chi connectivity index (χ3v) is 9.23. The molecule has 40 heavy (non-hydrogen) atoms. The summed E-state index contributed by atoms with van der Waals surface area (Å²) in [5, 5.41) is 9.87. The number of rotatable bonds is 4. The Labute approximate surface area is 240 Å². The molecule has 5 aromatic carbocycles. The van der Waals surface area contributed by atoms with Crippen LogP contribution in [0.3, 0.4) is 0 Å². The minimum atomic E-state index is -0.0660. The highest BCUT2D eigenvalue weighted by molar-refractivity contribution is 7.10. The van der Waals surface area contributed by atoms with Crippen LogP contribution in [0.4, 0.5) is 5.69 Å². The Morgan fingerprint density at radius 2 is 1.43 bits per heavy atom. The highest BCUT2D eigenvalue weighted by Crippen LogP contribution is 2.48. The van der Waals surface area contributed by atoms with E-state index in [0.29, 0.717) is 5.92 Å². The first-order valence-electron chi connectivity index (χ1n) is 14.1. The van der Waals surface area contributed by atoms with Crippen molar-refractivity contribution in [2.24, 2.45) is 0 Å². The number of benzene rings is 5. The Hall–Kier alpha value is -4.21. The molecule has 1 N–H and O–H groups in total. The maximum atomic E-state index is 5.36. The molecule has 1 aromatic heterocycles. The normalized spacial score (nSPS) is 16.3. The highest BCUT2D eigenvalue weighted by atomic mass is 32.1. The molecule has 0 spiro atoms. The van der Waals surface area contributed by atoms with Gasteiger partial charge in [0, 0.05) is 22.5 Å². The van der Waals surface area contributed by atoms with Crippen molar-refractivity contribution in [3.05, 3.63) is 142 Å². The highest BCUT2D eigenvalue weighted by Gasteiger charge is 2.32. The second-order valence-corrected chi connectivity index (χ2v) is 11.9. The second kappa shape index (κ2) is 10.1. The third-order valence-electron chi connectivity index (χ3n) is 8.32. The van der Waals surface area contributed by atoms with Crippen LogP contribution >= 0.6 is 11.3 Å². The van der Waals surface area contributed by atoms with Gasteiger partial charge in [-0.15, -0.1) is 11.3 Å². The van der Waals surface area contributed by atoms with Crippen LogP contribution in [0.15, 0.2) is 115 Å². The summed E-state index contributed by atoms with van der Waals surface area (Å²) in [5.41, 5.74) is 11.4. The Morgan fingerprint density at radius 3 is 2.27 bits per heavy atom. The molecule has 6 aromatic rings. The van der Waals surface area contributed by atoms with Crippen LogP contribution in [-0.2, 0) is 0 Å². The van der Waals surface area contributed by atoms with Crippen molar-refractivity contribution in [2.45, 2.75) is 38.6 Å². The van der Waals surface area contributed by atoms with Gasteiger partial charge in [-0.25, -0.2) is 4.98 Å². The number of thiazole rings is 1. The molecule has 0 saturated heterocycles. The monoisotopic (exact) mass is 536 g/mol. The van der Waals surface area contributed by atoms with Gasteiger partial charge in [0.25, 0.3) is 0 Å². The number of aromatic nitrogens is 1. The maximum Gasteiger partial charge on any atom is 0.120 e. The van der Waals surface area contributed by atoms with E-state index < -0.39 is 0 Å². The molecule has 1 aliphatic rings. The summed E-state index contributed by atoms with van der Waals surface area (Å²) in [6.45, 7) is 6.92. The van der Waals surface area contributed by atoms with E-state index in [2.05, 4.69) is 141 Å². The number of anilines is 1. The van der Waals surface area contributed by atoms with Crippen LogP contribution in [0.1, 0.15) is 65.9 Å². The zero-order valence-electron chi connectivity index (χ0n) is 23.1. The Balaban J connectivity index is 1.46. The molecule has 0 radical (unpaired) electrons. The average Bonchev–Trinajstić information content (AvgIpc) is 3.44. The van der Waals surface area contributed by atoms with Gasteiger partial charge in [0.15, 0.2) is 0 Å². The fraction of sp³-hybridized carbons (Fsp3) is 0.162. The standard InChI is InChI=1S/C37H32N2S/c1-23(2)27-17-10-19-29-24(3)28-18-11-20-31(26-12-5-4-6-13-26)34(28)36(39-35(27)29)37-38-33(22-40-37)32-21-9-15-25-14-7-8-16-30(25)32/h4-24,36,39H,1-3H3. The van der Waals surface area contributed by atoms with E-state index in [1.807, 2.05) is 0 Å². The number of hydrogen-bond acceptors (Lipinski definition) is 3. The number of hydrogen-bond donors (Lipinski definition) is 1. The van der Waals surface area contributed by atoms with Crippen molar-refractivity contribution in [1.82, 2.24) is 4.98 Å². The number of fused-ring (bicyclic) bond motifs is 3. The Bertz CT molecular complexity index is 1830. The summed E-state index contributed by atoms with van der Waals surface area (Å²) in [6.07, 6.45) is 0. The van der Waals surface area contributed by atoms with Crippen molar-refractivity contribution < 1.29 is 0 Å². The van der Waals surface area contributed by atoms with Gasteiger partial charge in [-0.05, 0) is 50.1 Å². The summed E-state index contributed by atoms with van der Waals surface area (Å²) >= 11 is 1.75. The molecule has 3 heteroatoms. The molecule has 2 unspecified atom stereocenters. The van der Waals surface area contributed by atoms with Crippen molar-refractivity contribution in [1.29, 1.82) is 0 Å². The van der Waals surface area contributed by atoms with Gasteiger partial charge in [-0.3, -0.25) is 0 Å². The van der Waals surface area contributed by atoms with Gasteiger partial charge in [0.05, 0.1) is 5.69 Å². The van der Waals surface area contributed by atoms with Crippen LogP contribution in [0.2, 0.25) is 0 Å². The van der Waals surface area contributed by atoms with E-state index in [4.69, 9.17) is 4.98 Å². The summed E-state index contributed by atoms with van der Waals surface area (Å²) in [6, 6.07) is 39.4. The second-order valence-electron chi connectivity index (χ2n) is 11.0. The third kappa shape index (κ3) is 4.13. The zero-order valence-corrected chi connectivity index (χ0v) is 23.9. The predicted molar refractivity (Wildman–Crippen MR) is 170 cm³/mol. The molecule has 1 aliphatic heterocycles. The van der Waals surface area contributed by atoms with Crippen LogP contribution in [-0.4, -0.2) is 4.98 Å². The largest absolute Gasteiger partial charge is 0.372 e. The molecule has 0 aliphatic carbocycles. The molecule has 7 rings (SSSR count). The van der Waals surface area contributed by atoms with Crippen molar-refractivity contribution in [3.8, 4) is 22.4 Å². The lowest BCUT2D eigenvalue weighted by molar-refractivity contribution is 0.852. The summed E-state index contributed by atoms with van der Waals surface area (Å²) < 4.78 is 0. The van der Waals surface area contributed by atoms with E-state index in [0.717, 1.165) is 10.7 Å². The zero-order chi connectivity index (χ0) is 27.2. The number of nitrogens with zero attached hydrogens (tertiary/aromatic N) is 1. The van der Waals surface area contributed by atoms with Gasteiger partial charge in [-0.2, -0.15) is 0 Å². The minimum absolute atomic E-state index is 0.0660. The lowest BCUT2D eigenvalue weighted by Gasteiger charge is -2.24. The van der Waals surface area contributed by atoms with Gasteiger partial charge < -0.3 is 5.32 Å². The van der Waals surface area contributed by atoms with E-state index in [1.165, 1.54) is 55.4 Å². The van der Waals surface area contributed by atoms with E-state index in [9.17, 15) is 0 Å². The lowest BCUT2D eigenvalue weighted by atomic mass is 9.84. The topological polar surface area (TPSA) is 24.9 Å². The SMILES string of the molecule is CC(C)c1cccc2c1NC(c1nc(-c3cccc4ccccc34)cs1)c1c(-c3ccccc3)cccc1C2C. The van der Waals surface area contributed by atoms with Gasteiger partial charge in [-0.1, -0.05) is 130 Å². The molecular weight excluding hydrogens is 504 g/mol. The van der Waals surface area contributed by atoms with Crippen LogP contribution in [0, 0.1) is 0 Å². The number of nitrogens with one attached hydrogen (secondary N) is 1. The van der Waals surface area contributed by atoms with Crippen LogP contribution in [0.5, 0.6) is 0 Å². The molecule has 2 atom stereocenters.